The van der Waals surface area contributed by atoms with Crippen LogP contribution in [0.2, 0.25) is 0 Å². The Morgan fingerprint density at radius 2 is 1.76 bits per heavy atom. The van der Waals surface area contributed by atoms with Crippen molar-refractivity contribution in [3.63, 3.8) is 0 Å². The van der Waals surface area contributed by atoms with Crippen LogP contribution in [0, 0.1) is 13.8 Å². The van der Waals surface area contributed by atoms with Crippen molar-refractivity contribution in [3.05, 3.63) is 69.9 Å². The molecule has 10 heteroatoms. The van der Waals surface area contributed by atoms with Crippen LogP contribution in [0.3, 0.4) is 0 Å². The van der Waals surface area contributed by atoms with E-state index in [2.05, 4.69) is 25.5 Å². The summed E-state index contributed by atoms with van der Waals surface area (Å²) in [5.41, 5.74) is 2.68. The number of nitrogens with zero attached hydrogens (tertiary/aromatic N) is 4. The van der Waals surface area contributed by atoms with Gasteiger partial charge in [-0.1, -0.05) is 12.1 Å². The van der Waals surface area contributed by atoms with Crippen LogP contribution in [0.1, 0.15) is 30.7 Å². The zero-order valence-corrected chi connectivity index (χ0v) is 19.9. The fraction of sp³-hybridized carbons (Fsp3) is 0.292. The molecular weight excluding hydrogens is 452 g/mol. The summed E-state index contributed by atoms with van der Waals surface area (Å²) in [5, 5.41) is 6.40. The maximum Gasteiger partial charge on any atom is 0.263 e. The highest BCUT2D eigenvalue weighted by atomic mass is 32.1. The van der Waals surface area contributed by atoms with E-state index in [0.717, 1.165) is 10.7 Å². The fourth-order valence-electron chi connectivity index (χ4n) is 3.86. The summed E-state index contributed by atoms with van der Waals surface area (Å²) in [6, 6.07) is 11.0. The van der Waals surface area contributed by atoms with E-state index < -0.39 is 0 Å². The number of nitrogens with one attached hydrogen (secondary N) is 2. The molecule has 4 rings (SSSR count). The molecule has 1 fully saturated rings. The smallest absolute Gasteiger partial charge is 0.263 e. The van der Waals surface area contributed by atoms with Gasteiger partial charge in [-0.25, -0.2) is 4.98 Å². The Morgan fingerprint density at radius 1 is 1.00 bits per heavy atom. The van der Waals surface area contributed by atoms with Gasteiger partial charge in [0.2, 0.25) is 5.91 Å². The lowest BCUT2D eigenvalue weighted by Gasteiger charge is -2.36. The minimum atomic E-state index is -0.274. The molecule has 1 aliphatic rings. The number of thiazole rings is 1. The molecule has 0 spiro atoms. The number of aryl methyl sites for hydroxylation is 2. The third kappa shape index (κ3) is 5.40. The van der Waals surface area contributed by atoms with Crippen LogP contribution in [0.5, 0.6) is 0 Å². The van der Waals surface area contributed by atoms with Crippen molar-refractivity contribution in [2.45, 2.75) is 13.8 Å². The van der Waals surface area contributed by atoms with Gasteiger partial charge in [0.1, 0.15) is 4.88 Å². The van der Waals surface area contributed by atoms with Crippen LogP contribution in [-0.2, 0) is 4.79 Å². The monoisotopic (exact) mass is 478 g/mol. The van der Waals surface area contributed by atoms with Gasteiger partial charge in [-0.2, -0.15) is 0 Å². The topological polar surface area (TPSA) is 108 Å². The minimum absolute atomic E-state index is 0.0562. The highest BCUT2D eigenvalue weighted by Gasteiger charge is 2.25. The third-order valence-electron chi connectivity index (χ3n) is 5.55. The van der Waals surface area contributed by atoms with Crippen molar-refractivity contribution in [1.29, 1.82) is 0 Å². The molecule has 1 aromatic carbocycles. The van der Waals surface area contributed by atoms with E-state index in [-0.39, 0.29) is 24.3 Å². The third-order valence-corrected chi connectivity index (χ3v) is 6.62. The Morgan fingerprint density at radius 3 is 2.44 bits per heavy atom. The molecule has 0 bridgehead atoms. The van der Waals surface area contributed by atoms with Gasteiger partial charge in [0.15, 0.2) is 0 Å². The number of rotatable bonds is 6. The van der Waals surface area contributed by atoms with Crippen molar-refractivity contribution in [1.82, 2.24) is 20.2 Å². The molecule has 9 nitrogen and oxygen atoms in total. The molecule has 1 aliphatic heterocycles. The van der Waals surface area contributed by atoms with Gasteiger partial charge < -0.3 is 20.4 Å². The Balaban J connectivity index is 1.33. The number of piperazine rings is 1. The largest absolute Gasteiger partial charge is 0.367 e. The minimum Gasteiger partial charge on any atom is -0.367 e. The molecule has 0 unspecified atom stereocenters. The Labute approximate surface area is 201 Å². The first kappa shape index (κ1) is 23.4. The molecule has 3 amide bonds. The van der Waals surface area contributed by atoms with E-state index in [9.17, 15) is 14.4 Å². The lowest BCUT2D eigenvalue weighted by molar-refractivity contribution is -0.130. The van der Waals surface area contributed by atoms with E-state index in [0.29, 0.717) is 48.0 Å². The molecule has 2 N–H and O–H groups in total. The average Bonchev–Trinajstić information content (AvgIpc) is 3.20. The molecule has 0 radical (unpaired) electrons. The summed E-state index contributed by atoms with van der Waals surface area (Å²) >= 11 is 1.32. The average molecular weight is 479 g/mol. The van der Waals surface area contributed by atoms with E-state index in [1.54, 1.807) is 42.4 Å². The maximum absolute atomic E-state index is 12.9. The molecule has 1 saturated heterocycles. The number of carbonyl (C=O) groups excluding carboxylic acids is 3. The summed E-state index contributed by atoms with van der Waals surface area (Å²) in [5.74, 6) is -0.614. The molecule has 2 aromatic heterocycles. The number of pyridine rings is 1. The number of carbonyl (C=O) groups is 3. The zero-order chi connectivity index (χ0) is 24.1. The van der Waals surface area contributed by atoms with E-state index >= 15 is 0 Å². The normalized spacial score (nSPS) is 13.5. The van der Waals surface area contributed by atoms with Gasteiger partial charge in [0.05, 0.1) is 34.7 Å². The molecule has 3 aromatic rings. The first-order chi connectivity index (χ1) is 16.4. The first-order valence-electron chi connectivity index (χ1n) is 11.0. The number of para-hydroxylation sites is 1. The first-order valence-corrected chi connectivity index (χ1v) is 11.8. The predicted molar refractivity (Wildman–Crippen MR) is 131 cm³/mol. The number of benzene rings is 1. The van der Waals surface area contributed by atoms with Crippen molar-refractivity contribution < 1.29 is 14.4 Å². The van der Waals surface area contributed by atoms with Gasteiger partial charge in [-0.05, 0) is 38.1 Å². The zero-order valence-electron chi connectivity index (χ0n) is 19.1. The second kappa shape index (κ2) is 10.4. The standard InChI is InChI=1S/C24H26N6O3S/c1-16-22(34-17(2)27-16)24(33)26-15-21(31)30-12-10-29(11-13-30)20-8-4-3-7-19(20)23(32)28-18-6-5-9-25-14-18/h3-9,14H,10-13,15H2,1-2H3,(H,26,33)(H,28,32). The second-order valence-corrected chi connectivity index (χ2v) is 9.11. The van der Waals surface area contributed by atoms with Crippen LogP contribution in [-0.4, -0.2) is 65.3 Å². The van der Waals surface area contributed by atoms with Crippen molar-refractivity contribution in [2.75, 3.05) is 42.9 Å². The van der Waals surface area contributed by atoms with Crippen LogP contribution in [0.15, 0.2) is 48.8 Å². The summed E-state index contributed by atoms with van der Waals surface area (Å²) in [4.78, 5) is 50.6. The molecule has 34 heavy (non-hydrogen) atoms. The number of hydrogen-bond acceptors (Lipinski definition) is 7. The summed E-state index contributed by atoms with van der Waals surface area (Å²) in [6.07, 6.45) is 3.25. The van der Waals surface area contributed by atoms with Crippen LogP contribution in [0.4, 0.5) is 11.4 Å². The predicted octanol–water partition coefficient (Wildman–Crippen LogP) is 2.49. The lowest BCUT2D eigenvalue weighted by atomic mass is 10.1. The van der Waals surface area contributed by atoms with Gasteiger partial charge in [-0.3, -0.25) is 19.4 Å². The Hall–Kier alpha value is -3.79. The Kier molecular flexibility index (Phi) is 7.17. The molecule has 3 heterocycles. The number of amides is 3. The van der Waals surface area contributed by atoms with Crippen LogP contribution < -0.4 is 15.5 Å². The Bertz CT molecular complexity index is 1190. The van der Waals surface area contributed by atoms with Crippen molar-refractivity contribution in [3.8, 4) is 0 Å². The van der Waals surface area contributed by atoms with E-state index in [1.807, 2.05) is 25.1 Å². The molecule has 0 atom stereocenters. The maximum atomic E-state index is 12.9. The van der Waals surface area contributed by atoms with Crippen molar-refractivity contribution in [2.24, 2.45) is 0 Å². The van der Waals surface area contributed by atoms with Gasteiger partial charge in [0.25, 0.3) is 11.8 Å². The summed E-state index contributed by atoms with van der Waals surface area (Å²) in [7, 11) is 0. The SMILES string of the molecule is Cc1nc(C)c(C(=O)NCC(=O)N2CCN(c3ccccc3C(=O)Nc3cccnc3)CC2)s1. The van der Waals surface area contributed by atoms with E-state index in [4.69, 9.17) is 0 Å². The van der Waals surface area contributed by atoms with Crippen LogP contribution in [0.25, 0.3) is 0 Å². The second-order valence-electron chi connectivity index (χ2n) is 7.91. The molecular formula is C24H26N6O3S. The van der Waals surface area contributed by atoms with Gasteiger partial charge >= 0.3 is 0 Å². The number of hydrogen-bond donors (Lipinski definition) is 2. The highest BCUT2D eigenvalue weighted by molar-refractivity contribution is 7.13. The highest BCUT2D eigenvalue weighted by Crippen LogP contribution is 2.23. The van der Waals surface area contributed by atoms with Crippen molar-refractivity contribution >= 4 is 40.4 Å². The molecule has 176 valence electrons. The summed E-state index contributed by atoms with van der Waals surface area (Å²) in [6.45, 7) is 5.76. The fourth-order valence-corrected chi connectivity index (χ4v) is 4.70. The quantitative estimate of drug-likeness (QED) is 0.564. The summed E-state index contributed by atoms with van der Waals surface area (Å²) < 4.78 is 0. The van der Waals surface area contributed by atoms with Gasteiger partial charge in [-0.15, -0.1) is 11.3 Å². The number of aromatic nitrogens is 2. The molecule has 0 aliphatic carbocycles. The van der Waals surface area contributed by atoms with E-state index in [1.165, 1.54) is 11.3 Å². The molecule has 0 saturated carbocycles. The number of anilines is 2. The lowest BCUT2D eigenvalue weighted by Crippen LogP contribution is -2.51. The van der Waals surface area contributed by atoms with Crippen LogP contribution >= 0.6 is 11.3 Å². The van der Waals surface area contributed by atoms with Gasteiger partial charge in [0, 0.05) is 38.1 Å².